The van der Waals surface area contributed by atoms with Crippen LogP contribution < -0.4 is 5.32 Å². The third kappa shape index (κ3) is 3.55. The van der Waals surface area contributed by atoms with Gasteiger partial charge in [-0.2, -0.15) is 0 Å². The molecule has 0 aromatic heterocycles. The Morgan fingerprint density at radius 1 is 0.950 bits per heavy atom. The van der Waals surface area contributed by atoms with Crippen LogP contribution in [0.1, 0.15) is 51.9 Å². The van der Waals surface area contributed by atoms with Crippen molar-refractivity contribution >= 4 is 0 Å². The zero-order valence-electron chi connectivity index (χ0n) is 13.4. The maximum absolute atomic E-state index is 3.53. The van der Waals surface area contributed by atoms with Crippen molar-refractivity contribution in [2.45, 2.75) is 57.9 Å². The Kier molecular flexibility index (Phi) is 5.00. The van der Waals surface area contributed by atoms with Crippen LogP contribution in [-0.2, 0) is 0 Å². The number of rotatable bonds is 3. The summed E-state index contributed by atoms with van der Waals surface area (Å²) in [5, 5.41) is 3.53. The van der Waals surface area contributed by atoms with Gasteiger partial charge in [0, 0.05) is 19.1 Å². The predicted octanol–water partition coefficient (Wildman–Crippen LogP) is 2.33. The van der Waals surface area contributed by atoms with Gasteiger partial charge in [-0.3, -0.25) is 4.90 Å². The van der Waals surface area contributed by atoms with Crippen molar-refractivity contribution < 1.29 is 0 Å². The Morgan fingerprint density at radius 2 is 1.65 bits per heavy atom. The van der Waals surface area contributed by atoms with Crippen LogP contribution in [0.5, 0.6) is 0 Å². The summed E-state index contributed by atoms with van der Waals surface area (Å²) >= 11 is 0. The minimum atomic E-state index is 0.665. The number of piperidine rings is 1. The maximum Gasteiger partial charge on any atom is 0.0195 e. The van der Waals surface area contributed by atoms with Gasteiger partial charge in [-0.1, -0.05) is 12.8 Å². The second kappa shape index (κ2) is 6.76. The van der Waals surface area contributed by atoms with Gasteiger partial charge in [0.2, 0.25) is 0 Å². The molecule has 1 spiro atoms. The van der Waals surface area contributed by atoms with Gasteiger partial charge in [-0.15, -0.1) is 0 Å². The molecule has 0 radical (unpaired) electrons. The third-order valence-corrected chi connectivity index (χ3v) is 5.98. The van der Waals surface area contributed by atoms with E-state index in [1.54, 1.807) is 0 Å². The molecule has 0 aromatic rings. The normalized spacial score (nSPS) is 30.4. The minimum absolute atomic E-state index is 0.665. The van der Waals surface area contributed by atoms with Crippen molar-refractivity contribution in [1.29, 1.82) is 0 Å². The van der Waals surface area contributed by atoms with E-state index in [1.807, 2.05) is 0 Å². The van der Waals surface area contributed by atoms with E-state index in [2.05, 4.69) is 22.0 Å². The molecule has 1 atom stereocenters. The SMILES string of the molecule is CC(CN1CCCCCC1)N1CCC2(CCNCC2)C1. The molecular weight excluding hydrogens is 246 g/mol. The summed E-state index contributed by atoms with van der Waals surface area (Å²) in [7, 11) is 0. The molecule has 0 aliphatic carbocycles. The maximum atomic E-state index is 3.53. The fourth-order valence-corrected chi connectivity index (χ4v) is 4.52. The van der Waals surface area contributed by atoms with Gasteiger partial charge >= 0.3 is 0 Å². The monoisotopic (exact) mass is 279 g/mol. The summed E-state index contributed by atoms with van der Waals surface area (Å²) in [4.78, 5) is 5.52. The molecule has 1 unspecified atom stereocenters. The summed E-state index contributed by atoms with van der Waals surface area (Å²) in [5.41, 5.74) is 0.665. The van der Waals surface area contributed by atoms with Crippen LogP contribution in [-0.4, -0.2) is 61.7 Å². The smallest absolute Gasteiger partial charge is 0.0195 e. The first-order chi connectivity index (χ1) is 9.77. The average Bonchev–Trinajstić information content (AvgIpc) is 2.70. The van der Waals surface area contributed by atoms with Crippen molar-refractivity contribution in [3.8, 4) is 0 Å². The van der Waals surface area contributed by atoms with Crippen LogP contribution >= 0.6 is 0 Å². The van der Waals surface area contributed by atoms with E-state index in [4.69, 9.17) is 0 Å². The van der Waals surface area contributed by atoms with E-state index >= 15 is 0 Å². The van der Waals surface area contributed by atoms with Crippen molar-refractivity contribution in [3.05, 3.63) is 0 Å². The molecule has 3 aliphatic heterocycles. The lowest BCUT2D eigenvalue weighted by Gasteiger charge is -2.36. The van der Waals surface area contributed by atoms with Crippen LogP contribution in [0.4, 0.5) is 0 Å². The number of nitrogens with zero attached hydrogens (tertiary/aromatic N) is 2. The summed E-state index contributed by atoms with van der Waals surface area (Å²) in [5.74, 6) is 0. The van der Waals surface area contributed by atoms with Gasteiger partial charge in [0.05, 0.1) is 0 Å². The Morgan fingerprint density at radius 3 is 2.35 bits per heavy atom. The molecule has 3 heterocycles. The second-order valence-electron chi connectivity index (χ2n) is 7.53. The lowest BCUT2D eigenvalue weighted by molar-refractivity contribution is 0.143. The van der Waals surface area contributed by atoms with Gasteiger partial charge in [-0.05, 0) is 77.2 Å². The molecule has 3 fully saturated rings. The standard InChI is InChI=1S/C17H33N3/c1-16(14-19-11-4-2-3-5-12-19)20-13-8-17(15-20)6-9-18-10-7-17/h16,18H,2-15H2,1H3. The van der Waals surface area contributed by atoms with Gasteiger partial charge in [0.25, 0.3) is 0 Å². The lowest BCUT2D eigenvalue weighted by Crippen LogP contribution is -2.44. The van der Waals surface area contributed by atoms with Gasteiger partial charge in [0.15, 0.2) is 0 Å². The first-order valence-electron chi connectivity index (χ1n) is 8.95. The quantitative estimate of drug-likeness (QED) is 0.855. The van der Waals surface area contributed by atoms with Crippen LogP contribution in [0.2, 0.25) is 0 Å². The van der Waals surface area contributed by atoms with E-state index in [1.165, 1.54) is 90.8 Å². The first kappa shape index (κ1) is 14.8. The molecule has 3 nitrogen and oxygen atoms in total. The largest absolute Gasteiger partial charge is 0.317 e. The lowest BCUT2D eigenvalue weighted by atomic mass is 9.78. The molecule has 116 valence electrons. The van der Waals surface area contributed by atoms with Crippen molar-refractivity contribution in [1.82, 2.24) is 15.1 Å². The second-order valence-corrected chi connectivity index (χ2v) is 7.53. The van der Waals surface area contributed by atoms with Gasteiger partial charge in [-0.25, -0.2) is 0 Å². The zero-order valence-corrected chi connectivity index (χ0v) is 13.4. The highest BCUT2D eigenvalue weighted by molar-refractivity contribution is 4.94. The summed E-state index contributed by atoms with van der Waals surface area (Å²) in [6.07, 6.45) is 9.99. The average molecular weight is 279 g/mol. The fraction of sp³-hybridized carbons (Fsp3) is 1.00. The molecule has 3 rings (SSSR count). The molecule has 0 amide bonds. The Hall–Kier alpha value is -0.120. The first-order valence-corrected chi connectivity index (χ1v) is 8.95. The Balaban J connectivity index is 1.49. The molecule has 0 aromatic carbocycles. The third-order valence-electron chi connectivity index (χ3n) is 5.98. The molecule has 0 bridgehead atoms. The van der Waals surface area contributed by atoms with E-state index in [9.17, 15) is 0 Å². The molecule has 3 aliphatic rings. The minimum Gasteiger partial charge on any atom is -0.317 e. The van der Waals surface area contributed by atoms with Gasteiger partial charge in [0.1, 0.15) is 0 Å². The Bertz CT molecular complexity index is 291. The number of hydrogen-bond acceptors (Lipinski definition) is 3. The van der Waals surface area contributed by atoms with Crippen LogP contribution in [0.25, 0.3) is 0 Å². The molecule has 3 heteroatoms. The fourth-order valence-electron chi connectivity index (χ4n) is 4.52. The zero-order chi connectivity index (χ0) is 13.8. The summed E-state index contributed by atoms with van der Waals surface area (Å²) in [6, 6.07) is 0.752. The van der Waals surface area contributed by atoms with E-state index < -0.39 is 0 Å². The topological polar surface area (TPSA) is 18.5 Å². The predicted molar refractivity (Wildman–Crippen MR) is 85.1 cm³/mol. The molecule has 3 saturated heterocycles. The van der Waals surface area contributed by atoms with E-state index in [-0.39, 0.29) is 0 Å². The number of likely N-dealkylation sites (tertiary alicyclic amines) is 2. The highest BCUT2D eigenvalue weighted by atomic mass is 15.2. The Labute approximate surface area is 125 Å². The van der Waals surface area contributed by atoms with Crippen molar-refractivity contribution in [2.24, 2.45) is 5.41 Å². The summed E-state index contributed by atoms with van der Waals surface area (Å²) in [6.45, 7) is 11.6. The van der Waals surface area contributed by atoms with Crippen molar-refractivity contribution in [3.63, 3.8) is 0 Å². The van der Waals surface area contributed by atoms with Crippen molar-refractivity contribution in [2.75, 3.05) is 45.8 Å². The number of hydrogen-bond donors (Lipinski definition) is 1. The van der Waals surface area contributed by atoms with Crippen LogP contribution in [0, 0.1) is 5.41 Å². The molecule has 20 heavy (non-hydrogen) atoms. The molecule has 0 saturated carbocycles. The molecule has 1 N–H and O–H groups in total. The summed E-state index contributed by atoms with van der Waals surface area (Å²) < 4.78 is 0. The van der Waals surface area contributed by atoms with Gasteiger partial charge < -0.3 is 10.2 Å². The van der Waals surface area contributed by atoms with Crippen LogP contribution in [0.3, 0.4) is 0 Å². The van der Waals surface area contributed by atoms with E-state index in [0.717, 1.165) is 6.04 Å². The highest BCUT2D eigenvalue weighted by Gasteiger charge is 2.40. The highest BCUT2D eigenvalue weighted by Crippen LogP contribution is 2.39. The van der Waals surface area contributed by atoms with E-state index in [0.29, 0.717) is 5.41 Å². The van der Waals surface area contributed by atoms with Crippen LogP contribution in [0.15, 0.2) is 0 Å². The number of nitrogens with one attached hydrogen (secondary N) is 1. The molecular formula is C17H33N3.